The van der Waals surface area contributed by atoms with Gasteiger partial charge in [-0.05, 0) is 192 Å². The average molecular weight is 1130 g/mol. The molecule has 0 aliphatic rings. The minimum atomic E-state index is -0.271. The molecule has 0 spiro atoms. The van der Waals surface area contributed by atoms with Crippen molar-refractivity contribution in [1.82, 2.24) is 0 Å². The topological polar surface area (TPSA) is 114 Å². The van der Waals surface area contributed by atoms with Gasteiger partial charge in [-0.15, -0.1) is 0 Å². The van der Waals surface area contributed by atoms with Crippen molar-refractivity contribution < 1.29 is 38.0 Å². The first-order valence-corrected chi connectivity index (χ1v) is 30.9. The molecule has 10 heteroatoms. The Morgan fingerprint density at radius 3 is 0.869 bits per heavy atom. The lowest BCUT2D eigenvalue weighted by atomic mass is 10.0. The van der Waals surface area contributed by atoms with E-state index in [9.17, 15) is 9.59 Å². The van der Waals surface area contributed by atoms with Gasteiger partial charge in [-0.2, -0.15) is 0 Å². The van der Waals surface area contributed by atoms with E-state index in [1.807, 2.05) is 158 Å². The lowest BCUT2D eigenvalue weighted by Crippen LogP contribution is -2.11. The molecule has 84 heavy (non-hydrogen) atoms. The third-order valence-corrected chi connectivity index (χ3v) is 15.0. The number of hydrogen-bond acceptors (Lipinski definition) is 10. The molecular weight excluding hydrogens is 1040 g/mol. The van der Waals surface area contributed by atoms with Gasteiger partial charge in [0.15, 0.2) is 0 Å². The Labute approximate surface area is 500 Å². The summed E-state index contributed by atoms with van der Waals surface area (Å²) in [5.74, 6) is 3.69. The van der Waals surface area contributed by atoms with Crippen LogP contribution in [0.2, 0.25) is 0 Å². The van der Waals surface area contributed by atoms with Gasteiger partial charge in [0.25, 0.3) is 0 Å². The highest BCUT2D eigenvalue weighted by Crippen LogP contribution is 2.27. The zero-order chi connectivity index (χ0) is 58.8. The van der Waals surface area contributed by atoms with E-state index in [0.717, 1.165) is 145 Å². The number of unbranched alkanes of at least 4 members (excludes halogenated alkanes) is 12. The minimum absolute atomic E-state index is 0.271. The fourth-order valence-corrected chi connectivity index (χ4v) is 9.08. The monoisotopic (exact) mass is 1130 g/mol. The third kappa shape index (κ3) is 23.3. The van der Waals surface area contributed by atoms with Crippen LogP contribution in [0.5, 0.6) is 23.0 Å². The Morgan fingerprint density at radius 1 is 0.345 bits per heavy atom. The van der Waals surface area contributed by atoms with Crippen LogP contribution in [0.4, 0.5) is 11.4 Å². The van der Waals surface area contributed by atoms with Crippen LogP contribution >= 0.6 is 0 Å². The molecule has 2 atom stereocenters. The molecule has 7 aromatic rings. The van der Waals surface area contributed by atoms with E-state index in [0.29, 0.717) is 49.4 Å². The SMILES string of the molecule is CCC(C)COC(=O)c1ccc(-c2ccc(OCCCCCCCCCOc3ccc(C=Nc4ccc(N=Cc5ccc(OCCCCCCCCCOc6ccc(-c7ccc(C(=O)OCC(C)CC)cc7)cc6)cc5)cc4)cc3)cc2)cc1. The molecule has 0 heterocycles. The van der Waals surface area contributed by atoms with Gasteiger partial charge in [0.1, 0.15) is 23.0 Å². The summed E-state index contributed by atoms with van der Waals surface area (Å²) in [6.45, 7) is 12.1. The minimum Gasteiger partial charge on any atom is -0.494 e. The molecule has 0 aliphatic heterocycles. The largest absolute Gasteiger partial charge is 0.494 e. The fourth-order valence-electron chi connectivity index (χ4n) is 9.08. The van der Waals surface area contributed by atoms with Crippen LogP contribution in [0.15, 0.2) is 180 Å². The fraction of sp³-hybridized carbons (Fsp3) is 0.378. The van der Waals surface area contributed by atoms with Crippen molar-refractivity contribution in [2.75, 3.05) is 39.6 Å². The highest BCUT2D eigenvalue weighted by atomic mass is 16.5. The molecule has 0 aliphatic carbocycles. The van der Waals surface area contributed by atoms with Crippen LogP contribution in [0, 0.1) is 11.8 Å². The van der Waals surface area contributed by atoms with Crippen LogP contribution < -0.4 is 18.9 Å². The lowest BCUT2D eigenvalue weighted by molar-refractivity contribution is 0.0438. The number of carbonyl (C=O) groups excluding carboxylic acids is 2. The summed E-state index contributed by atoms with van der Waals surface area (Å²) in [6.07, 6.45) is 21.8. The first kappa shape index (κ1) is 63.6. The Balaban J connectivity index is 0.653. The molecule has 442 valence electrons. The summed E-state index contributed by atoms with van der Waals surface area (Å²) >= 11 is 0. The first-order chi connectivity index (χ1) is 41.2. The highest BCUT2D eigenvalue weighted by molar-refractivity contribution is 5.91. The molecule has 0 saturated carbocycles. The van der Waals surface area contributed by atoms with Crippen molar-refractivity contribution in [2.24, 2.45) is 21.8 Å². The molecule has 7 rings (SSSR count). The van der Waals surface area contributed by atoms with Crippen molar-refractivity contribution in [3.63, 3.8) is 0 Å². The summed E-state index contributed by atoms with van der Waals surface area (Å²) in [5, 5.41) is 0. The summed E-state index contributed by atoms with van der Waals surface area (Å²) < 4.78 is 34.9. The number of aliphatic imine (C=N–C) groups is 2. The van der Waals surface area contributed by atoms with Gasteiger partial charge in [0.05, 0.1) is 62.1 Å². The Morgan fingerprint density at radius 2 is 0.595 bits per heavy atom. The molecule has 2 unspecified atom stereocenters. The maximum atomic E-state index is 12.3. The molecule has 7 aromatic carbocycles. The summed E-state index contributed by atoms with van der Waals surface area (Å²) in [5.41, 5.74) is 9.18. The van der Waals surface area contributed by atoms with E-state index < -0.39 is 0 Å². The van der Waals surface area contributed by atoms with Crippen molar-refractivity contribution in [1.29, 1.82) is 0 Å². The second-order valence-electron chi connectivity index (χ2n) is 21.9. The number of esters is 2. The average Bonchev–Trinajstić information content (AvgIpc) is 3.63. The zero-order valence-electron chi connectivity index (χ0n) is 50.2. The summed E-state index contributed by atoms with van der Waals surface area (Å²) in [4.78, 5) is 34.0. The van der Waals surface area contributed by atoms with Gasteiger partial charge < -0.3 is 28.4 Å². The van der Waals surface area contributed by atoms with Gasteiger partial charge in [0, 0.05) is 12.4 Å². The van der Waals surface area contributed by atoms with E-state index in [-0.39, 0.29) is 11.9 Å². The number of carbonyl (C=O) groups is 2. The number of nitrogens with zero attached hydrogens (tertiary/aromatic N) is 2. The van der Waals surface area contributed by atoms with Crippen molar-refractivity contribution in [3.05, 3.63) is 192 Å². The number of rotatable bonds is 38. The standard InChI is InChI=1S/C74H88N2O8/c1-5-57(3)55-83-73(77)65-29-25-61(26-30-65)63-33-45-71(46-34-63)81-51-19-15-11-7-9-13-17-49-79-69-41-21-59(22-42-69)53-75-67-37-39-68(40-38-67)76-54-60-23-43-70(44-24-60)80-50-18-14-10-8-12-16-20-52-82-72-47-35-64(36-48-72)62-27-31-66(32-28-62)74(78)84-56-58(4)6-2/h21-48,53-54,57-58H,5-20,49-52,55-56H2,1-4H3. The first-order valence-electron chi connectivity index (χ1n) is 30.9. The predicted molar refractivity (Wildman–Crippen MR) is 344 cm³/mol. The molecule has 0 bridgehead atoms. The lowest BCUT2D eigenvalue weighted by Gasteiger charge is -2.10. The summed E-state index contributed by atoms with van der Waals surface area (Å²) in [7, 11) is 0. The van der Waals surface area contributed by atoms with Crippen LogP contribution in [0.3, 0.4) is 0 Å². The maximum absolute atomic E-state index is 12.3. The van der Waals surface area contributed by atoms with Crippen LogP contribution in [-0.2, 0) is 9.47 Å². The molecule has 0 N–H and O–H groups in total. The van der Waals surface area contributed by atoms with E-state index in [1.165, 1.54) is 38.5 Å². The van der Waals surface area contributed by atoms with Gasteiger partial charge in [-0.25, -0.2) is 9.59 Å². The predicted octanol–water partition coefficient (Wildman–Crippen LogP) is 19.3. The van der Waals surface area contributed by atoms with Crippen molar-refractivity contribution in [3.8, 4) is 45.3 Å². The Bertz CT molecular complexity index is 2800. The van der Waals surface area contributed by atoms with Gasteiger partial charge >= 0.3 is 11.9 Å². The molecule has 0 saturated heterocycles. The number of benzene rings is 7. The van der Waals surface area contributed by atoms with Gasteiger partial charge in [-0.3, -0.25) is 9.98 Å². The molecule has 10 nitrogen and oxygen atoms in total. The quantitative estimate of drug-likeness (QED) is 0.0214. The van der Waals surface area contributed by atoms with Gasteiger partial charge in [-0.1, -0.05) is 153 Å². The smallest absolute Gasteiger partial charge is 0.338 e. The number of ether oxygens (including phenoxy) is 6. The summed E-state index contributed by atoms with van der Waals surface area (Å²) in [6, 6.07) is 55.6. The Hall–Kier alpha value is -7.98. The van der Waals surface area contributed by atoms with Crippen LogP contribution in [-0.4, -0.2) is 64.0 Å². The molecule has 0 amide bonds. The normalized spacial score (nSPS) is 12.0. The third-order valence-electron chi connectivity index (χ3n) is 15.0. The van der Waals surface area contributed by atoms with E-state index in [1.54, 1.807) is 0 Å². The maximum Gasteiger partial charge on any atom is 0.338 e. The van der Waals surface area contributed by atoms with Gasteiger partial charge in [0.2, 0.25) is 0 Å². The van der Waals surface area contributed by atoms with Crippen LogP contribution in [0.1, 0.15) is 162 Å². The molecule has 0 radical (unpaired) electrons. The van der Waals surface area contributed by atoms with E-state index in [4.69, 9.17) is 28.4 Å². The second-order valence-corrected chi connectivity index (χ2v) is 21.9. The molecule has 0 aromatic heterocycles. The van der Waals surface area contributed by atoms with E-state index in [2.05, 4.69) is 61.9 Å². The van der Waals surface area contributed by atoms with Crippen molar-refractivity contribution in [2.45, 2.75) is 130 Å². The second kappa shape index (κ2) is 36.6. The van der Waals surface area contributed by atoms with E-state index >= 15 is 0 Å². The Kier molecular flexibility index (Phi) is 27.7. The zero-order valence-corrected chi connectivity index (χ0v) is 50.2. The van der Waals surface area contributed by atoms with Crippen molar-refractivity contribution >= 4 is 35.7 Å². The molecule has 0 fully saturated rings. The number of hydrogen-bond donors (Lipinski definition) is 0. The molecular formula is C74H88N2O8. The highest BCUT2D eigenvalue weighted by Gasteiger charge is 2.12. The van der Waals surface area contributed by atoms with Crippen LogP contribution in [0.25, 0.3) is 22.3 Å².